The third-order valence-electron chi connectivity index (χ3n) is 3.40. The number of unbranched alkanes of at least 4 members (excludes halogenated alkanes) is 2. The summed E-state index contributed by atoms with van der Waals surface area (Å²) in [4.78, 5) is 0. The van der Waals surface area contributed by atoms with Gasteiger partial charge in [0.05, 0.1) is 0 Å². The van der Waals surface area contributed by atoms with E-state index in [4.69, 9.17) is 0 Å². The average molecular weight is 194 g/mol. The van der Waals surface area contributed by atoms with E-state index in [1.54, 1.807) is 5.57 Å². The van der Waals surface area contributed by atoms with Gasteiger partial charge in [-0.15, -0.1) is 0 Å². The second-order valence-corrected chi connectivity index (χ2v) is 4.75. The van der Waals surface area contributed by atoms with E-state index < -0.39 is 0 Å². The highest BCUT2D eigenvalue weighted by Gasteiger charge is 2.13. The van der Waals surface area contributed by atoms with Gasteiger partial charge in [0.2, 0.25) is 0 Å². The lowest BCUT2D eigenvalue weighted by Gasteiger charge is -2.21. The molecule has 0 aliphatic heterocycles. The summed E-state index contributed by atoms with van der Waals surface area (Å²) in [7, 11) is 0. The van der Waals surface area contributed by atoms with Crippen molar-refractivity contribution in [3.63, 3.8) is 0 Å². The lowest BCUT2D eigenvalue weighted by Crippen LogP contribution is -2.05. The van der Waals surface area contributed by atoms with Gasteiger partial charge in [-0.25, -0.2) is 0 Å². The molecule has 0 spiro atoms. The van der Waals surface area contributed by atoms with E-state index in [0.717, 1.165) is 5.92 Å². The number of hydrogen-bond donors (Lipinski definition) is 0. The molecule has 0 amide bonds. The van der Waals surface area contributed by atoms with Crippen LogP contribution in [0.5, 0.6) is 0 Å². The van der Waals surface area contributed by atoms with Crippen molar-refractivity contribution in [3.05, 3.63) is 11.6 Å². The van der Waals surface area contributed by atoms with Crippen LogP contribution in [0.15, 0.2) is 11.6 Å². The molecule has 0 radical (unpaired) electrons. The fourth-order valence-electron chi connectivity index (χ4n) is 2.44. The van der Waals surface area contributed by atoms with Gasteiger partial charge >= 0.3 is 0 Å². The predicted octanol–water partition coefficient (Wildman–Crippen LogP) is 5.09. The maximum atomic E-state index is 2.53. The van der Waals surface area contributed by atoms with Gasteiger partial charge in [-0.1, -0.05) is 57.6 Å². The van der Waals surface area contributed by atoms with Gasteiger partial charge in [-0.3, -0.25) is 0 Å². The molecule has 0 aromatic carbocycles. The van der Waals surface area contributed by atoms with Crippen molar-refractivity contribution in [2.75, 3.05) is 0 Å². The molecular formula is C14H26. The minimum Gasteiger partial charge on any atom is -0.0851 e. The van der Waals surface area contributed by atoms with E-state index in [1.165, 1.54) is 57.8 Å². The van der Waals surface area contributed by atoms with Crippen LogP contribution in [0.25, 0.3) is 0 Å². The number of hydrogen-bond acceptors (Lipinski definition) is 0. The second-order valence-electron chi connectivity index (χ2n) is 4.75. The molecule has 0 saturated heterocycles. The van der Waals surface area contributed by atoms with Gasteiger partial charge in [-0.05, 0) is 31.6 Å². The maximum absolute atomic E-state index is 2.53. The van der Waals surface area contributed by atoms with Crippen molar-refractivity contribution < 1.29 is 0 Å². The SMILES string of the molecule is CCCCCC1CC=C(CCC)CC1. The van der Waals surface area contributed by atoms with Crippen LogP contribution in [0.3, 0.4) is 0 Å². The molecule has 0 fully saturated rings. The van der Waals surface area contributed by atoms with Crippen LogP contribution >= 0.6 is 0 Å². The van der Waals surface area contributed by atoms with E-state index in [1.807, 2.05) is 0 Å². The Morgan fingerprint density at radius 2 is 2.07 bits per heavy atom. The van der Waals surface area contributed by atoms with Gasteiger partial charge in [-0.2, -0.15) is 0 Å². The van der Waals surface area contributed by atoms with E-state index >= 15 is 0 Å². The molecule has 1 atom stereocenters. The summed E-state index contributed by atoms with van der Waals surface area (Å²) in [5.41, 5.74) is 1.74. The van der Waals surface area contributed by atoms with Crippen molar-refractivity contribution >= 4 is 0 Å². The highest BCUT2D eigenvalue weighted by atomic mass is 14.2. The first-order valence-corrected chi connectivity index (χ1v) is 6.54. The van der Waals surface area contributed by atoms with Crippen LogP contribution in [0.1, 0.15) is 71.6 Å². The molecule has 0 aromatic heterocycles. The van der Waals surface area contributed by atoms with Gasteiger partial charge in [0, 0.05) is 0 Å². The lowest BCUT2D eigenvalue weighted by atomic mass is 9.85. The Morgan fingerprint density at radius 1 is 1.21 bits per heavy atom. The molecule has 14 heavy (non-hydrogen) atoms. The zero-order valence-corrected chi connectivity index (χ0v) is 10.0. The van der Waals surface area contributed by atoms with Crippen molar-refractivity contribution in [2.24, 2.45) is 5.92 Å². The maximum Gasteiger partial charge on any atom is -0.0318 e. The highest BCUT2D eigenvalue weighted by Crippen LogP contribution is 2.29. The Kier molecular flexibility index (Phi) is 5.98. The first-order valence-electron chi connectivity index (χ1n) is 6.54. The van der Waals surface area contributed by atoms with E-state index in [9.17, 15) is 0 Å². The molecule has 1 aliphatic rings. The molecular weight excluding hydrogens is 168 g/mol. The fraction of sp³-hybridized carbons (Fsp3) is 0.857. The standard InChI is InChI=1S/C14H26/c1-3-5-6-8-14-11-9-13(7-4-2)10-12-14/h9,14H,3-8,10-12H2,1-2H3. The topological polar surface area (TPSA) is 0 Å². The van der Waals surface area contributed by atoms with Crippen LogP contribution < -0.4 is 0 Å². The van der Waals surface area contributed by atoms with Crippen molar-refractivity contribution in [2.45, 2.75) is 71.6 Å². The summed E-state index contributed by atoms with van der Waals surface area (Å²) < 4.78 is 0. The Balaban J connectivity index is 2.14. The summed E-state index contributed by atoms with van der Waals surface area (Å²) in [5, 5.41) is 0. The van der Waals surface area contributed by atoms with Crippen molar-refractivity contribution in [1.29, 1.82) is 0 Å². The largest absolute Gasteiger partial charge is 0.0851 e. The second kappa shape index (κ2) is 7.09. The Labute approximate surface area is 89.8 Å². The van der Waals surface area contributed by atoms with Crippen LogP contribution in [-0.2, 0) is 0 Å². The molecule has 0 heteroatoms. The summed E-state index contributed by atoms with van der Waals surface area (Å²) in [6, 6.07) is 0. The van der Waals surface area contributed by atoms with Gasteiger partial charge in [0.15, 0.2) is 0 Å². The van der Waals surface area contributed by atoms with E-state index in [0.29, 0.717) is 0 Å². The highest BCUT2D eigenvalue weighted by molar-refractivity contribution is 5.06. The van der Waals surface area contributed by atoms with Gasteiger partial charge in [0.1, 0.15) is 0 Å². The molecule has 0 saturated carbocycles. The van der Waals surface area contributed by atoms with E-state index in [-0.39, 0.29) is 0 Å². The van der Waals surface area contributed by atoms with Gasteiger partial charge < -0.3 is 0 Å². The predicted molar refractivity (Wildman–Crippen MR) is 64.5 cm³/mol. The summed E-state index contributed by atoms with van der Waals surface area (Å²) in [5.74, 6) is 1.02. The lowest BCUT2D eigenvalue weighted by molar-refractivity contribution is 0.413. The van der Waals surface area contributed by atoms with Crippen LogP contribution in [-0.4, -0.2) is 0 Å². The smallest absolute Gasteiger partial charge is 0.0318 e. The molecule has 0 heterocycles. The quantitative estimate of drug-likeness (QED) is 0.408. The Bertz CT molecular complexity index is 167. The molecule has 1 rings (SSSR count). The third-order valence-corrected chi connectivity index (χ3v) is 3.40. The van der Waals surface area contributed by atoms with E-state index in [2.05, 4.69) is 19.9 Å². The Hall–Kier alpha value is -0.260. The molecule has 0 N–H and O–H groups in total. The number of allylic oxidation sites excluding steroid dienone is 2. The number of rotatable bonds is 6. The summed E-state index contributed by atoms with van der Waals surface area (Å²) in [6.45, 7) is 4.58. The molecule has 82 valence electrons. The zero-order valence-electron chi connectivity index (χ0n) is 10.0. The molecule has 1 aliphatic carbocycles. The zero-order chi connectivity index (χ0) is 10.2. The fourth-order valence-corrected chi connectivity index (χ4v) is 2.44. The Morgan fingerprint density at radius 3 is 2.64 bits per heavy atom. The van der Waals surface area contributed by atoms with Crippen LogP contribution in [0, 0.1) is 5.92 Å². The normalized spacial score (nSPS) is 22.1. The molecule has 0 bridgehead atoms. The summed E-state index contributed by atoms with van der Waals surface area (Å²) >= 11 is 0. The molecule has 0 aromatic rings. The van der Waals surface area contributed by atoms with Crippen LogP contribution in [0.4, 0.5) is 0 Å². The van der Waals surface area contributed by atoms with Gasteiger partial charge in [0.25, 0.3) is 0 Å². The minimum absolute atomic E-state index is 1.02. The minimum atomic E-state index is 1.02. The van der Waals surface area contributed by atoms with Crippen molar-refractivity contribution in [3.8, 4) is 0 Å². The third kappa shape index (κ3) is 4.30. The monoisotopic (exact) mass is 194 g/mol. The first-order chi connectivity index (χ1) is 6.86. The average Bonchev–Trinajstić information content (AvgIpc) is 2.21. The first kappa shape index (κ1) is 11.8. The van der Waals surface area contributed by atoms with Crippen LogP contribution in [0.2, 0.25) is 0 Å². The summed E-state index contributed by atoms with van der Waals surface area (Å²) in [6.07, 6.45) is 15.2. The molecule has 0 nitrogen and oxygen atoms in total. The molecule has 1 unspecified atom stereocenters. The van der Waals surface area contributed by atoms with Crippen molar-refractivity contribution in [1.82, 2.24) is 0 Å².